The van der Waals surface area contributed by atoms with E-state index in [1.165, 1.54) is 0 Å². The number of rotatable bonds is 6. The molecule has 3 aromatic carbocycles. The van der Waals surface area contributed by atoms with Crippen LogP contribution < -0.4 is 34.4 Å². The third kappa shape index (κ3) is 18.7. The summed E-state index contributed by atoms with van der Waals surface area (Å²) in [5.41, 5.74) is 37.2. The van der Waals surface area contributed by atoms with Gasteiger partial charge in [0.2, 0.25) is 0 Å². The van der Waals surface area contributed by atoms with E-state index >= 15 is 0 Å². The Hall–Kier alpha value is -4.98. The standard InChI is InChI=1S/3C11H11N5.3BrH.3ClH/c3*12-10-7-6-9(11(13)14-10)16-15-8-4-2-1-3-5-8;;;;;;/h3*1-7H,(H4,12,13,14);6*1H/b3*16-15+;;;;;;. The Balaban J connectivity index is -0.000000684. The maximum Gasteiger partial charge on any atom is 0.153 e. The third-order valence-corrected chi connectivity index (χ3v) is 5.86. The Morgan fingerprint density at radius 1 is 0.296 bits per heavy atom. The molecule has 0 aliphatic rings. The van der Waals surface area contributed by atoms with Gasteiger partial charge in [-0.3, -0.25) is 0 Å². The van der Waals surface area contributed by atoms with Gasteiger partial charge >= 0.3 is 0 Å². The number of nitrogens with two attached hydrogens (primary N) is 6. The van der Waals surface area contributed by atoms with Crippen LogP contribution in [0, 0.1) is 0 Å². The number of hydrogen-bond acceptors (Lipinski definition) is 15. The number of anilines is 6. The SMILES string of the molecule is Br.Br.Br.Cl.Cl.Cl.Nc1ccc(/N=N/c2ccccc2)c(N)n1.Nc1ccc(/N=N/c2ccccc2)c(N)n1.Nc1ccc(/N=N/c2ccccc2)c(N)n1. The Morgan fingerprint density at radius 2 is 0.519 bits per heavy atom. The number of pyridine rings is 3. The van der Waals surface area contributed by atoms with Gasteiger partial charge in [0.25, 0.3) is 0 Å². The van der Waals surface area contributed by atoms with E-state index in [2.05, 4.69) is 45.6 Å². The van der Waals surface area contributed by atoms with Crippen molar-refractivity contribution in [2.45, 2.75) is 0 Å². The lowest BCUT2D eigenvalue weighted by Crippen LogP contribution is -1.95. The van der Waals surface area contributed by atoms with Crippen molar-refractivity contribution in [2.24, 2.45) is 30.7 Å². The topological polar surface area (TPSA) is 269 Å². The lowest BCUT2D eigenvalue weighted by molar-refractivity contribution is 1.21. The van der Waals surface area contributed by atoms with Crippen molar-refractivity contribution in [3.8, 4) is 0 Å². The predicted molar refractivity (Wildman–Crippen MR) is 244 cm³/mol. The molecule has 3 aromatic heterocycles. The Labute approximate surface area is 362 Å². The molecule has 0 aliphatic heterocycles. The smallest absolute Gasteiger partial charge is 0.153 e. The fraction of sp³-hybridized carbons (Fsp3) is 0. The molecule has 6 aromatic rings. The van der Waals surface area contributed by atoms with Crippen LogP contribution in [0.4, 0.5) is 69.0 Å². The highest BCUT2D eigenvalue weighted by Crippen LogP contribution is 2.25. The first-order valence-corrected chi connectivity index (χ1v) is 14.2. The van der Waals surface area contributed by atoms with Crippen molar-refractivity contribution in [3.63, 3.8) is 0 Å². The summed E-state index contributed by atoms with van der Waals surface area (Å²) in [5, 5.41) is 24.1. The summed E-state index contributed by atoms with van der Waals surface area (Å²) in [6.07, 6.45) is 0. The lowest BCUT2D eigenvalue weighted by Gasteiger charge is -1.98. The first-order chi connectivity index (χ1) is 23.3. The van der Waals surface area contributed by atoms with Crippen molar-refractivity contribution in [1.29, 1.82) is 0 Å². The fourth-order valence-electron chi connectivity index (χ4n) is 3.52. The van der Waals surface area contributed by atoms with Gasteiger partial charge in [-0.1, -0.05) is 54.6 Å². The number of benzene rings is 3. The monoisotopic (exact) mass is 987 g/mol. The lowest BCUT2D eigenvalue weighted by atomic mass is 10.3. The second-order valence-electron chi connectivity index (χ2n) is 9.53. The number of nitrogen functional groups attached to an aromatic ring is 6. The van der Waals surface area contributed by atoms with Crippen LogP contribution in [0.25, 0.3) is 0 Å². The zero-order valence-corrected chi connectivity index (χ0v) is 35.7. The molecular weight excluding hydrogens is 953 g/mol. The fourth-order valence-corrected chi connectivity index (χ4v) is 3.52. The number of nitrogens with zero attached hydrogens (tertiary/aromatic N) is 9. The van der Waals surface area contributed by atoms with Gasteiger partial charge in [-0.05, 0) is 72.8 Å². The van der Waals surface area contributed by atoms with Crippen molar-refractivity contribution in [3.05, 3.63) is 127 Å². The molecule has 0 saturated carbocycles. The van der Waals surface area contributed by atoms with Crippen molar-refractivity contribution in [2.75, 3.05) is 34.4 Å². The molecular formula is C33H39Br3Cl3N15. The van der Waals surface area contributed by atoms with Crippen LogP contribution in [0.5, 0.6) is 0 Å². The average Bonchev–Trinajstić information content (AvgIpc) is 3.09. The first-order valence-electron chi connectivity index (χ1n) is 14.2. The van der Waals surface area contributed by atoms with Crippen LogP contribution in [-0.4, -0.2) is 15.0 Å². The van der Waals surface area contributed by atoms with E-state index < -0.39 is 0 Å². The van der Waals surface area contributed by atoms with E-state index in [4.69, 9.17) is 34.4 Å². The highest BCUT2D eigenvalue weighted by molar-refractivity contribution is 8.93. The molecule has 6 rings (SSSR count). The summed E-state index contributed by atoms with van der Waals surface area (Å²) >= 11 is 0. The molecule has 288 valence electrons. The van der Waals surface area contributed by atoms with Crippen LogP contribution in [0.1, 0.15) is 0 Å². The van der Waals surface area contributed by atoms with Gasteiger partial charge in [-0.15, -0.1) is 104 Å². The van der Waals surface area contributed by atoms with Crippen LogP contribution in [0.3, 0.4) is 0 Å². The largest absolute Gasteiger partial charge is 0.384 e. The predicted octanol–water partition coefficient (Wildman–Crippen LogP) is 11.0. The molecule has 15 nitrogen and oxygen atoms in total. The van der Waals surface area contributed by atoms with Crippen LogP contribution in [0.2, 0.25) is 0 Å². The van der Waals surface area contributed by atoms with Crippen LogP contribution >= 0.6 is 88.2 Å². The highest BCUT2D eigenvalue weighted by atomic mass is 79.9. The number of aromatic nitrogens is 3. The number of hydrogen-bond donors (Lipinski definition) is 6. The molecule has 0 bridgehead atoms. The molecule has 3 heterocycles. The van der Waals surface area contributed by atoms with Gasteiger partial charge in [-0.25, -0.2) is 15.0 Å². The zero-order valence-electron chi connectivity index (χ0n) is 28.1. The van der Waals surface area contributed by atoms with Crippen molar-refractivity contribution < 1.29 is 0 Å². The summed E-state index contributed by atoms with van der Waals surface area (Å²) in [4.78, 5) is 11.7. The van der Waals surface area contributed by atoms with Crippen molar-refractivity contribution in [1.82, 2.24) is 15.0 Å². The second-order valence-corrected chi connectivity index (χ2v) is 9.53. The summed E-state index contributed by atoms with van der Waals surface area (Å²) in [5.74, 6) is 1.95. The average molecular weight is 992 g/mol. The maximum absolute atomic E-state index is 5.64. The van der Waals surface area contributed by atoms with E-state index in [1.54, 1.807) is 36.4 Å². The van der Waals surface area contributed by atoms with E-state index in [0.717, 1.165) is 17.1 Å². The molecule has 0 aliphatic carbocycles. The minimum absolute atomic E-state index is 0. The molecule has 0 radical (unpaired) electrons. The van der Waals surface area contributed by atoms with E-state index in [-0.39, 0.29) is 106 Å². The summed E-state index contributed by atoms with van der Waals surface area (Å²) < 4.78 is 0. The van der Waals surface area contributed by atoms with Gasteiger partial charge in [-0.2, -0.15) is 15.3 Å². The molecule has 0 unspecified atom stereocenters. The zero-order chi connectivity index (χ0) is 34.1. The van der Waals surface area contributed by atoms with Gasteiger partial charge in [0, 0.05) is 0 Å². The van der Waals surface area contributed by atoms with Crippen molar-refractivity contribution >= 4 is 157 Å². The minimum atomic E-state index is 0. The van der Waals surface area contributed by atoms with E-state index in [0.29, 0.717) is 34.5 Å². The van der Waals surface area contributed by atoms with Gasteiger partial charge in [0.15, 0.2) is 17.5 Å². The van der Waals surface area contributed by atoms with Gasteiger partial charge < -0.3 is 34.4 Å². The summed E-state index contributed by atoms with van der Waals surface area (Å²) in [7, 11) is 0. The molecule has 12 N–H and O–H groups in total. The molecule has 0 amide bonds. The Morgan fingerprint density at radius 3 is 0.722 bits per heavy atom. The van der Waals surface area contributed by atoms with Gasteiger partial charge in [0.05, 0.1) is 17.1 Å². The number of halogens is 6. The third-order valence-electron chi connectivity index (χ3n) is 5.86. The first kappa shape index (κ1) is 53.4. The van der Waals surface area contributed by atoms with Crippen LogP contribution in [0.15, 0.2) is 158 Å². The van der Waals surface area contributed by atoms with E-state index in [9.17, 15) is 0 Å². The molecule has 0 spiro atoms. The summed E-state index contributed by atoms with van der Waals surface area (Å²) in [6, 6.07) is 38.1. The molecule has 0 saturated heterocycles. The van der Waals surface area contributed by atoms with E-state index in [1.807, 2.05) is 91.0 Å². The van der Waals surface area contributed by atoms with Gasteiger partial charge in [0.1, 0.15) is 34.5 Å². The minimum Gasteiger partial charge on any atom is -0.384 e. The Bertz CT molecular complexity index is 1780. The number of azo groups is 3. The molecule has 54 heavy (non-hydrogen) atoms. The molecule has 21 heteroatoms. The second kappa shape index (κ2) is 28.5. The normalized spacial score (nSPS) is 9.56. The maximum atomic E-state index is 5.64. The highest BCUT2D eigenvalue weighted by Gasteiger charge is 2.01. The molecule has 0 atom stereocenters. The Kier molecular flexibility index (Phi) is 28.2. The summed E-state index contributed by atoms with van der Waals surface area (Å²) in [6.45, 7) is 0. The quantitative estimate of drug-likeness (QED) is 0.0865. The molecule has 0 fully saturated rings. The van der Waals surface area contributed by atoms with Crippen LogP contribution in [-0.2, 0) is 0 Å².